The van der Waals surface area contributed by atoms with Crippen molar-refractivity contribution < 1.29 is 9.26 Å². The quantitative estimate of drug-likeness (QED) is 0.699. The van der Waals surface area contributed by atoms with Crippen molar-refractivity contribution in [3.63, 3.8) is 0 Å². The van der Waals surface area contributed by atoms with Crippen molar-refractivity contribution in [1.82, 2.24) is 15.5 Å². The van der Waals surface area contributed by atoms with Gasteiger partial charge in [0, 0.05) is 0 Å². The lowest BCUT2D eigenvalue weighted by atomic mass is 10.2. The Kier molecular flexibility index (Phi) is 1.85. The number of nitrogens with one attached hydrogen (secondary N) is 1. The number of ether oxygens (including phenoxy) is 1. The molecule has 1 fully saturated rings. The summed E-state index contributed by atoms with van der Waals surface area (Å²) in [5.41, 5.74) is -0.321. The summed E-state index contributed by atoms with van der Waals surface area (Å²) in [6.45, 7) is 5.93. The molecule has 0 saturated carbocycles. The third kappa shape index (κ3) is 1.57. The molecule has 1 N–H and O–H groups in total. The number of hydrogen-bond acceptors (Lipinski definition) is 5. The minimum atomic E-state index is -0.321. The van der Waals surface area contributed by atoms with Crippen molar-refractivity contribution in [1.29, 1.82) is 0 Å². The molecule has 72 valence electrons. The van der Waals surface area contributed by atoms with Crippen LogP contribution < -0.4 is 5.32 Å². The predicted molar refractivity (Wildman–Crippen MR) is 44.8 cm³/mol. The molecular weight excluding hydrogens is 170 g/mol. The van der Waals surface area contributed by atoms with E-state index < -0.39 is 0 Å². The highest BCUT2D eigenvalue weighted by Crippen LogP contribution is 2.29. The highest BCUT2D eigenvalue weighted by atomic mass is 16.5. The second kappa shape index (κ2) is 2.78. The molecule has 2 heterocycles. The van der Waals surface area contributed by atoms with Crippen LogP contribution >= 0.6 is 0 Å². The average molecular weight is 183 g/mol. The molecule has 1 aliphatic heterocycles. The first-order valence-corrected chi connectivity index (χ1v) is 4.30. The van der Waals surface area contributed by atoms with Crippen LogP contribution in [0.5, 0.6) is 0 Å². The summed E-state index contributed by atoms with van der Waals surface area (Å²) in [5.74, 6) is 0.582. The molecule has 13 heavy (non-hydrogen) atoms. The smallest absolute Gasteiger partial charge is 0.246 e. The zero-order valence-corrected chi connectivity index (χ0v) is 7.94. The SMILES string of the molecule is CC1OC(C)(C)NC1c1ncno1. The van der Waals surface area contributed by atoms with Crippen molar-refractivity contribution in [2.24, 2.45) is 0 Å². The third-order valence-corrected chi connectivity index (χ3v) is 2.10. The van der Waals surface area contributed by atoms with Gasteiger partial charge in [-0.2, -0.15) is 4.98 Å². The number of aromatic nitrogens is 2. The summed E-state index contributed by atoms with van der Waals surface area (Å²) >= 11 is 0. The Hall–Kier alpha value is -0.940. The minimum Gasteiger partial charge on any atom is -0.356 e. The Morgan fingerprint density at radius 2 is 2.31 bits per heavy atom. The van der Waals surface area contributed by atoms with E-state index in [2.05, 4.69) is 15.5 Å². The molecule has 0 radical (unpaired) electrons. The third-order valence-electron chi connectivity index (χ3n) is 2.10. The van der Waals surface area contributed by atoms with Crippen molar-refractivity contribution in [3.8, 4) is 0 Å². The number of nitrogens with zero attached hydrogens (tertiary/aromatic N) is 2. The van der Waals surface area contributed by atoms with E-state index in [9.17, 15) is 0 Å². The van der Waals surface area contributed by atoms with Gasteiger partial charge < -0.3 is 9.26 Å². The average Bonchev–Trinajstić information content (AvgIpc) is 2.56. The summed E-state index contributed by atoms with van der Waals surface area (Å²) < 4.78 is 10.6. The normalized spacial score (nSPS) is 32.2. The van der Waals surface area contributed by atoms with Crippen molar-refractivity contribution in [3.05, 3.63) is 12.2 Å². The molecule has 0 aromatic carbocycles. The fourth-order valence-corrected chi connectivity index (χ4v) is 1.64. The largest absolute Gasteiger partial charge is 0.356 e. The van der Waals surface area contributed by atoms with Crippen LogP contribution in [0.3, 0.4) is 0 Å². The van der Waals surface area contributed by atoms with E-state index >= 15 is 0 Å². The summed E-state index contributed by atoms with van der Waals surface area (Å²) in [5, 5.41) is 6.83. The molecule has 0 bridgehead atoms. The molecule has 5 heteroatoms. The van der Waals surface area contributed by atoms with Crippen LogP contribution in [-0.4, -0.2) is 22.0 Å². The Bertz CT molecular complexity index is 284. The van der Waals surface area contributed by atoms with Gasteiger partial charge in [-0.25, -0.2) is 0 Å². The lowest BCUT2D eigenvalue weighted by molar-refractivity contribution is -0.0176. The zero-order chi connectivity index (χ0) is 9.47. The van der Waals surface area contributed by atoms with E-state index in [0.29, 0.717) is 5.89 Å². The highest BCUT2D eigenvalue weighted by Gasteiger charge is 2.40. The maximum Gasteiger partial charge on any atom is 0.246 e. The standard InChI is InChI=1S/C8H13N3O2/c1-5-6(7-9-4-10-13-7)11-8(2,3)12-5/h4-6,11H,1-3H3. The second-order valence-corrected chi connectivity index (χ2v) is 3.73. The van der Waals surface area contributed by atoms with Gasteiger partial charge in [0.2, 0.25) is 5.89 Å². The monoisotopic (exact) mass is 183 g/mol. The van der Waals surface area contributed by atoms with Crippen LogP contribution in [0, 0.1) is 0 Å². The molecule has 1 aliphatic rings. The maximum atomic E-state index is 5.65. The van der Waals surface area contributed by atoms with E-state index in [-0.39, 0.29) is 17.9 Å². The van der Waals surface area contributed by atoms with Gasteiger partial charge >= 0.3 is 0 Å². The molecule has 0 aliphatic carbocycles. The molecule has 0 spiro atoms. The number of hydrogen-bond donors (Lipinski definition) is 1. The highest BCUT2D eigenvalue weighted by molar-refractivity contribution is 4.98. The molecular formula is C8H13N3O2. The van der Waals surface area contributed by atoms with E-state index in [4.69, 9.17) is 9.26 Å². The molecule has 2 rings (SSSR count). The van der Waals surface area contributed by atoms with Gasteiger partial charge in [-0.3, -0.25) is 5.32 Å². The maximum absolute atomic E-state index is 5.65. The van der Waals surface area contributed by atoms with Crippen LogP contribution in [0.1, 0.15) is 32.7 Å². The molecule has 5 nitrogen and oxygen atoms in total. The van der Waals surface area contributed by atoms with Gasteiger partial charge in [-0.05, 0) is 20.8 Å². The fourth-order valence-electron chi connectivity index (χ4n) is 1.64. The lowest BCUT2D eigenvalue weighted by Crippen LogP contribution is -2.34. The van der Waals surface area contributed by atoms with Gasteiger partial charge in [-0.15, -0.1) is 0 Å². The molecule has 1 saturated heterocycles. The van der Waals surface area contributed by atoms with Crippen LogP contribution in [0.4, 0.5) is 0 Å². The second-order valence-electron chi connectivity index (χ2n) is 3.73. The van der Waals surface area contributed by atoms with Crippen LogP contribution in [-0.2, 0) is 4.74 Å². The number of rotatable bonds is 1. The van der Waals surface area contributed by atoms with Gasteiger partial charge in [0.25, 0.3) is 0 Å². The summed E-state index contributed by atoms with van der Waals surface area (Å²) in [6.07, 6.45) is 1.45. The van der Waals surface area contributed by atoms with Gasteiger partial charge in [0.1, 0.15) is 11.8 Å². The van der Waals surface area contributed by atoms with Crippen LogP contribution in [0.2, 0.25) is 0 Å². The molecule has 1 aromatic heterocycles. The van der Waals surface area contributed by atoms with E-state index in [0.717, 1.165) is 0 Å². The van der Waals surface area contributed by atoms with Crippen LogP contribution in [0.15, 0.2) is 10.9 Å². The van der Waals surface area contributed by atoms with Gasteiger partial charge in [0.15, 0.2) is 6.33 Å². The molecule has 2 atom stereocenters. The van der Waals surface area contributed by atoms with E-state index in [1.54, 1.807) is 0 Å². The lowest BCUT2D eigenvalue weighted by Gasteiger charge is -2.17. The summed E-state index contributed by atoms with van der Waals surface area (Å²) in [7, 11) is 0. The predicted octanol–water partition coefficient (Wildman–Crippen LogP) is 0.855. The Morgan fingerprint density at radius 1 is 1.54 bits per heavy atom. The molecule has 2 unspecified atom stereocenters. The first kappa shape index (κ1) is 8.65. The Morgan fingerprint density at radius 3 is 2.77 bits per heavy atom. The van der Waals surface area contributed by atoms with Crippen molar-refractivity contribution in [2.45, 2.75) is 38.6 Å². The van der Waals surface area contributed by atoms with E-state index in [1.165, 1.54) is 6.33 Å². The molecule has 0 amide bonds. The first-order chi connectivity index (χ1) is 6.08. The molecule has 1 aromatic rings. The fraction of sp³-hybridized carbons (Fsp3) is 0.750. The topological polar surface area (TPSA) is 60.2 Å². The van der Waals surface area contributed by atoms with Gasteiger partial charge in [0.05, 0.1) is 6.10 Å². The zero-order valence-electron chi connectivity index (χ0n) is 7.94. The van der Waals surface area contributed by atoms with Gasteiger partial charge in [-0.1, -0.05) is 5.16 Å². The summed E-state index contributed by atoms with van der Waals surface area (Å²) in [4.78, 5) is 3.99. The van der Waals surface area contributed by atoms with Crippen molar-refractivity contribution >= 4 is 0 Å². The Balaban J connectivity index is 2.19. The first-order valence-electron chi connectivity index (χ1n) is 4.30. The Labute approximate surface area is 76.5 Å². The van der Waals surface area contributed by atoms with Crippen molar-refractivity contribution in [2.75, 3.05) is 0 Å². The van der Waals surface area contributed by atoms with Crippen LogP contribution in [0.25, 0.3) is 0 Å². The summed E-state index contributed by atoms with van der Waals surface area (Å²) in [6, 6.07) is -0.00231. The van der Waals surface area contributed by atoms with E-state index in [1.807, 2.05) is 20.8 Å². The minimum absolute atomic E-state index is 0.00231.